The largest absolute Gasteiger partial charge is 0.507 e. The van der Waals surface area contributed by atoms with E-state index in [9.17, 15) is 24.6 Å². The monoisotopic (exact) mass is 482 g/mol. The highest BCUT2D eigenvalue weighted by Crippen LogP contribution is 2.53. The summed E-state index contributed by atoms with van der Waals surface area (Å²) < 4.78 is 0. The number of nitrogens with zero attached hydrogens (tertiary/aromatic N) is 1. The smallest absolute Gasteiger partial charge is 0.324 e. The Morgan fingerprint density at radius 1 is 0.971 bits per heavy atom. The molecular weight excluding hydrogens is 444 g/mol. The minimum absolute atomic E-state index is 0.125. The van der Waals surface area contributed by atoms with E-state index in [1.807, 2.05) is 12.1 Å². The zero-order chi connectivity index (χ0) is 24.9. The summed E-state index contributed by atoms with van der Waals surface area (Å²) in [5, 5.41) is 24.4. The normalized spacial score (nSPS) is 32.3. The summed E-state index contributed by atoms with van der Waals surface area (Å²) in [6.07, 6.45) is 10.3. The number of aromatic hydroxyl groups is 1. The summed E-state index contributed by atoms with van der Waals surface area (Å²) in [7, 11) is 0. The molecule has 2 heterocycles. The summed E-state index contributed by atoms with van der Waals surface area (Å²) >= 11 is 0. The van der Waals surface area contributed by atoms with E-state index in [4.69, 9.17) is 0 Å². The van der Waals surface area contributed by atoms with Gasteiger partial charge in [0.2, 0.25) is 11.8 Å². The predicted molar refractivity (Wildman–Crippen MR) is 131 cm³/mol. The molecule has 7 heteroatoms. The SMILES string of the molecule is Cc1cc(C2NC(CC3CCCCC3)(C(=O)O)C3C(=O)N(C4CCCCC4)C(=O)C23)cc(C)c1O. The van der Waals surface area contributed by atoms with Gasteiger partial charge in [0.05, 0.1) is 11.8 Å². The molecule has 4 fully saturated rings. The van der Waals surface area contributed by atoms with Gasteiger partial charge in [-0.25, -0.2) is 0 Å². The number of phenolic OH excluding ortho intramolecular Hbond substituents is 1. The molecule has 190 valence electrons. The van der Waals surface area contributed by atoms with Gasteiger partial charge in [0.15, 0.2) is 0 Å². The number of fused-ring (bicyclic) bond motifs is 1. The fraction of sp³-hybridized carbons (Fsp3) is 0.679. The first-order valence-corrected chi connectivity index (χ1v) is 13.4. The third-order valence-electron chi connectivity index (χ3n) is 9.22. The molecule has 7 nitrogen and oxygen atoms in total. The topological polar surface area (TPSA) is 107 Å². The highest BCUT2D eigenvalue weighted by atomic mass is 16.4. The van der Waals surface area contributed by atoms with Crippen LogP contribution in [0, 0.1) is 31.6 Å². The number of carbonyl (C=O) groups excluding carboxylic acids is 2. The molecule has 3 N–H and O–H groups in total. The van der Waals surface area contributed by atoms with Crippen LogP contribution in [0.5, 0.6) is 5.75 Å². The van der Waals surface area contributed by atoms with Gasteiger partial charge in [-0.1, -0.05) is 63.5 Å². The molecule has 1 aromatic rings. The van der Waals surface area contributed by atoms with Crippen molar-refractivity contribution in [1.82, 2.24) is 10.2 Å². The molecule has 2 saturated heterocycles. The van der Waals surface area contributed by atoms with Crippen molar-refractivity contribution in [2.75, 3.05) is 0 Å². The molecular formula is C28H38N2O5. The van der Waals surface area contributed by atoms with Crippen LogP contribution in [0.1, 0.15) is 93.4 Å². The number of amides is 2. The van der Waals surface area contributed by atoms with E-state index in [0.29, 0.717) is 17.5 Å². The molecule has 2 aliphatic heterocycles. The van der Waals surface area contributed by atoms with E-state index >= 15 is 0 Å². The molecule has 2 amide bonds. The molecule has 4 aliphatic rings. The van der Waals surface area contributed by atoms with Gasteiger partial charge >= 0.3 is 5.97 Å². The first kappa shape index (κ1) is 24.3. The second-order valence-corrected chi connectivity index (χ2v) is 11.5. The van der Waals surface area contributed by atoms with Crippen LogP contribution in [-0.2, 0) is 14.4 Å². The van der Waals surface area contributed by atoms with Gasteiger partial charge in [0.1, 0.15) is 11.3 Å². The number of carbonyl (C=O) groups is 3. The number of hydrogen-bond acceptors (Lipinski definition) is 5. The zero-order valence-electron chi connectivity index (χ0n) is 20.9. The van der Waals surface area contributed by atoms with Crippen LogP contribution in [0.15, 0.2) is 12.1 Å². The maximum Gasteiger partial charge on any atom is 0.324 e. The van der Waals surface area contributed by atoms with Crippen LogP contribution in [-0.4, -0.2) is 44.5 Å². The maximum atomic E-state index is 14.0. The first-order valence-electron chi connectivity index (χ1n) is 13.4. The van der Waals surface area contributed by atoms with Crippen molar-refractivity contribution in [3.05, 3.63) is 28.8 Å². The predicted octanol–water partition coefficient (Wildman–Crippen LogP) is 4.38. The van der Waals surface area contributed by atoms with Crippen molar-refractivity contribution in [2.45, 2.75) is 102 Å². The van der Waals surface area contributed by atoms with Gasteiger partial charge in [0, 0.05) is 12.1 Å². The maximum absolute atomic E-state index is 14.0. The van der Waals surface area contributed by atoms with E-state index in [1.165, 1.54) is 4.90 Å². The number of aliphatic carboxylic acids is 1. The molecule has 2 saturated carbocycles. The van der Waals surface area contributed by atoms with Gasteiger partial charge in [0.25, 0.3) is 0 Å². The van der Waals surface area contributed by atoms with Crippen LogP contribution < -0.4 is 5.32 Å². The molecule has 4 unspecified atom stereocenters. The Kier molecular flexibility index (Phi) is 6.41. The van der Waals surface area contributed by atoms with Crippen LogP contribution in [0.3, 0.4) is 0 Å². The molecule has 0 aromatic heterocycles. The summed E-state index contributed by atoms with van der Waals surface area (Å²) in [6, 6.07) is 2.95. The molecule has 2 aliphatic carbocycles. The quantitative estimate of drug-likeness (QED) is 0.538. The number of phenols is 1. The molecule has 4 atom stereocenters. The highest BCUT2D eigenvalue weighted by molar-refractivity contribution is 6.09. The van der Waals surface area contributed by atoms with Crippen LogP contribution in [0.25, 0.3) is 0 Å². The molecule has 1 aromatic carbocycles. The van der Waals surface area contributed by atoms with Gasteiger partial charge in [-0.15, -0.1) is 0 Å². The average molecular weight is 483 g/mol. The van der Waals surface area contributed by atoms with Crippen molar-refractivity contribution in [3.8, 4) is 5.75 Å². The molecule has 5 rings (SSSR count). The number of likely N-dealkylation sites (tertiary alicyclic amines) is 1. The van der Waals surface area contributed by atoms with Crippen molar-refractivity contribution in [1.29, 1.82) is 0 Å². The van der Waals surface area contributed by atoms with Crippen LogP contribution in [0.4, 0.5) is 0 Å². The van der Waals surface area contributed by atoms with Crippen LogP contribution >= 0.6 is 0 Å². The molecule has 0 bridgehead atoms. The summed E-state index contributed by atoms with van der Waals surface area (Å²) in [4.78, 5) is 42.4. The van der Waals surface area contributed by atoms with Crippen molar-refractivity contribution >= 4 is 17.8 Å². The number of carboxylic acids is 1. The van der Waals surface area contributed by atoms with E-state index < -0.39 is 29.4 Å². The number of carboxylic acid groups (broad SMARTS) is 1. The number of imide groups is 1. The molecule has 0 spiro atoms. The third kappa shape index (κ3) is 3.96. The molecule has 35 heavy (non-hydrogen) atoms. The summed E-state index contributed by atoms with van der Waals surface area (Å²) in [5.41, 5.74) is 0.664. The Morgan fingerprint density at radius 2 is 1.54 bits per heavy atom. The fourth-order valence-electron chi connectivity index (χ4n) is 7.50. The Bertz CT molecular complexity index is 1000. The molecule has 0 radical (unpaired) electrons. The lowest BCUT2D eigenvalue weighted by molar-refractivity contribution is -0.153. The van der Waals surface area contributed by atoms with Gasteiger partial charge in [-0.3, -0.25) is 24.6 Å². The number of benzene rings is 1. The van der Waals surface area contributed by atoms with E-state index in [-0.39, 0.29) is 29.5 Å². The lowest BCUT2D eigenvalue weighted by Gasteiger charge is -2.37. The Morgan fingerprint density at radius 3 is 2.11 bits per heavy atom. The summed E-state index contributed by atoms with van der Waals surface area (Å²) in [5.74, 6) is -2.77. The second kappa shape index (κ2) is 9.23. The van der Waals surface area contributed by atoms with E-state index in [2.05, 4.69) is 5.32 Å². The Hall–Kier alpha value is -2.41. The van der Waals surface area contributed by atoms with Gasteiger partial charge in [-0.05, 0) is 55.7 Å². The Labute approximate surface area is 207 Å². The zero-order valence-corrected chi connectivity index (χ0v) is 20.9. The van der Waals surface area contributed by atoms with Crippen LogP contribution in [0.2, 0.25) is 0 Å². The van der Waals surface area contributed by atoms with Gasteiger partial charge in [-0.2, -0.15) is 0 Å². The first-order chi connectivity index (χ1) is 16.7. The minimum atomic E-state index is -1.47. The number of rotatable bonds is 5. The average Bonchev–Trinajstić information content (AvgIpc) is 3.32. The van der Waals surface area contributed by atoms with E-state index in [0.717, 1.165) is 69.8 Å². The summed E-state index contributed by atoms with van der Waals surface area (Å²) in [6.45, 7) is 3.61. The van der Waals surface area contributed by atoms with E-state index in [1.54, 1.807) is 13.8 Å². The van der Waals surface area contributed by atoms with Crippen molar-refractivity contribution in [2.24, 2.45) is 17.8 Å². The third-order valence-corrected chi connectivity index (χ3v) is 9.22. The lowest BCUT2D eigenvalue weighted by atomic mass is 9.72. The second-order valence-electron chi connectivity index (χ2n) is 11.5. The number of aryl methyl sites for hydroxylation is 2. The standard InChI is InChI=1S/C28H38N2O5/c1-16-13-19(14-17(2)24(16)31)23-21-22(26(33)30(25(21)32)20-11-7-4-8-12-20)28(29-23,27(34)35)15-18-9-5-3-6-10-18/h13-14,18,20-23,29,31H,3-12,15H2,1-2H3,(H,34,35). The minimum Gasteiger partial charge on any atom is -0.507 e. The van der Waals surface area contributed by atoms with Gasteiger partial charge < -0.3 is 10.2 Å². The Balaban J connectivity index is 1.59. The number of hydrogen-bond donors (Lipinski definition) is 3. The lowest BCUT2D eigenvalue weighted by Crippen LogP contribution is -2.57. The van der Waals surface area contributed by atoms with Crippen molar-refractivity contribution < 1.29 is 24.6 Å². The van der Waals surface area contributed by atoms with Crippen molar-refractivity contribution in [3.63, 3.8) is 0 Å². The highest BCUT2D eigenvalue weighted by Gasteiger charge is 2.69. The fourth-order valence-corrected chi connectivity index (χ4v) is 7.50. The number of nitrogens with one attached hydrogen (secondary N) is 1.